The Bertz CT molecular complexity index is 388. The fraction of sp³-hybridized carbons (Fsp3) is 0.667. The van der Waals surface area contributed by atoms with Gasteiger partial charge in [-0.3, -0.25) is 4.79 Å². The largest absolute Gasteiger partial charge is 0.350 e. The predicted molar refractivity (Wildman–Crippen MR) is 65.4 cm³/mol. The van der Waals surface area contributed by atoms with Gasteiger partial charge in [-0.2, -0.15) is 0 Å². The van der Waals surface area contributed by atoms with E-state index in [4.69, 9.17) is 5.73 Å². The average molecular weight is 236 g/mol. The maximum Gasteiger partial charge on any atom is 0.269 e. The Morgan fingerprint density at radius 3 is 3.00 bits per heavy atom. The maximum absolute atomic E-state index is 11.9. The van der Waals surface area contributed by atoms with Crippen LogP contribution in [0.1, 0.15) is 29.8 Å². The zero-order valence-electron chi connectivity index (χ0n) is 10.2. The van der Waals surface area contributed by atoms with Crippen molar-refractivity contribution >= 4 is 5.91 Å². The summed E-state index contributed by atoms with van der Waals surface area (Å²) in [4.78, 5) is 15.8. The standard InChI is InChI=1S/C12H20N4O/c1-16-8-14-7-11(16)12(17)15-6-10-4-2-3-9(10)5-13/h7-10H,2-6,13H2,1H3,(H,15,17). The highest BCUT2D eigenvalue weighted by Crippen LogP contribution is 2.30. The second-order valence-electron chi connectivity index (χ2n) is 4.79. The molecule has 2 rings (SSSR count). The van der Waals surface area contributed by atoms with Gasteiger partial charge >= 0.3 is 0 Å². The number of nitrogens with zero attached hydrogens (tertiary/aromatic N) is 2. The van der Waals surface area contributed by atoms with E-state index in [1.807, 2.05) is 7.05 Å². The molecule has 0 saturated heterocycles. The number of carbonyl (C=O) groups is 1. The molecule has 94 valence electrons. The molecule has 2 atom stereocenters. The van der Waals surface area contributed by atoms with Crippen molar-refractivity contribution in [3.05, 3.63) is 18.2 Å². The Balaban J connectivity index is 1.86. The van der Waals surface area contributed by atoms with Crippen LogP contribution in [0.4, 0.5) is 0 Å². The number of nitrogens with one attached hydrogen (secondary N) is 1. The van der Waals surface area contributed by atoms with Crippen LogP contribution in [0.15, 0.2) is 12.5 Å². The zero-order chi connectivity index (χ0) is 12.3. The molecule has 0 radical (unpaired) electrons. The first-order valence-electron chi connectivity index (χ1n) is 6.17. The Morgan fingerprint density at radius 2 is 2.35 bits per heavy atom. The van der Waals surface area contributed by atoms with Gasteiger partial charge in [-0.1, -0.05) is 6.42 Å². The first kappa shape index (κ1) is 12.1. The lowest BCUT2D eigenvalue weighted by Gasteiger charge is -2.18. The Morgan fingerprint density at radius 1 is 1.59 bits per heavy atom. The van der Waals surface area contributed by atoms with Gasteiger partial charge in [0, 0.05) is 13.6 Å². The normalized spacial score (nSPS) is 23.9. The highest BCUT2D eigenvalue weighted by molar-refractivity contribution is 5.92. The van der Waals surface area contributed by atoms with Gasteiger partial charge in [-0.15, -0.1) is 0 Å². The number of amides is 1. The van der Waals surface area contributed by atoms with Crippen molar-refractivity contribution in [1.29, 1.82) is 0 Å². The average Bonchev–Trinajstić information content (AvgIpc) is 2.94. The first-order valence-corrected chi connectivity index (χ1v) is 6.17. The van der Waals surface area contributed by atoms with Crippen LogP contribution < -0.4 is 11.1 Å². The summed E-state index contributed by atoms with van der Waals surface area (Å²) in [5.41, 5.74) is 6.33. The summed E-state index contributed by atoms with van der Waals surface area (Å²) in [7, 11) is 1.82. The van der Waals surface area contributed by atoms with Gasteiger partial charge in [0.1, 0.15) is 5.69 Å². The molecule has 0 aliphatic heterocycles. The van der Waals surface area contributed by atoms with Crippen LogP contribution in [0.3, 0.4) is 0 Å². The number of nitrogens with two attached hydrogens (primary N) is 1. The van der Waals surface area contributed by atoms with Crippen LogP contribution in [0.2, 0.25) is 0 Å². The number of carbonyl (C=O) groups excluding carboxylic acids is 1. The van der Waals surface area contributed by atoms with Crippen LogP contribution in [0, 0.1) is 11.8 Å². The molecule has 17 heavy (non-hydrogen) atoms. The number of imidazole rings is 1. The summed E-state index contributed by atoms with van der Waals surface area (Å²) in [6.45, 7) is 1.46. The Labute approximate surface area is 101 Å². The lowest BCUT2D eigenvalue weighted by molar-refractivity contribution is 0.0936. The predicted octanol–water partition coefficient (Wildman–Crippen LogP) is 0.525. The van der Waals surface area contributed by atoms with Crippen LogP contribution in [0.25, 0.3) is 0 Å². The zero-order valence-corrected chi connectivity index (χ0v) is 10.2. The van der Waals surface area contributed by atoms with E-state index >= 15 is 0 Å². The number of hydrogen-bond acceptors (Lipinski definition) is 3. The molecule has 1 fully saturated rings. The summed E-state index contributed by atoms with van der Waals surface area (Å²) in [5.74, 6) is 1.06. The number of aryl methyl sites for hydroxylation is 1. The fourth-order valence-corrected chi connectivity index (χ4v) is 2.58. The van der Waals surface area contributed by atoms with Gasteiger partial charge in [0.05, 0.1) is 12.5 Å². The van der Waals surface area contributed by atoms with Gasteiger partial charge in [0.15, 0.2) is 0 Å². The van der Waals surface area contributed by atoms with E-state index in [0.29, 0.717) is 17.5 Å². The summed E-state index contributed by atoms with van der Waals surface area (Å²) in [5, 5.41) is 2.98. The van der Waals surface area contributed by atoms with Crippen molar-refractivity contribution in [3.63, 3.8) is 0 Å². The van der Waals surface area contributed by atoms with Crippen molar-refractivity contribution in [2.45, 2.75) is 19.3 Å². The van der Waals surface area contributed by atoms with Crippen LogP contribution in [-0.4, -0.2) is 28.5 Å². The highest BCUT2D eigenvalue weighted by Gasteiger charge is 2.26. The quantitative estimate of drug-likeness (QED) is 0.800. The molecule has 2 unspecified atom stereocenters. The van der Waals surface area contributed by atoms with Crippen molar-refractivity contribution in [1.82, 2.24) is 14.9 Å². The fourth-order valence-electron chi connectivity index (χ4n) is 2.58. The minimum absolute atomic E-state index is 0.0485. The van der Waals surface area contributed by atoms with Gasteiger partial charge in [-0.25, -0.2) is 4.98 Å². The minimum Gasteiger partial charge on any atom is -0.350 e. The third-order valence-corrected chi connectivity index (χ3v) is 3.69. The number of aromatic nitrogens is 2. The van der Waals surface area contributed by atoms with Crippen molar-refractivity contribution in [2.75, 3.05) is 13.1 Å². The van der Waals surface area contributed by atoms with Gasteiger partial charge in [0.2, 0.25) is 0 Å². The van der Waals surface area contributed by atoms with Crippen LogP contribution in [0.5, 0.6) is 0 Å². The molecule has 1 aliphatic carbocycles. The second-order valence-corrected chi connectivity index (χ2v) is 4.79. The SMILES string of the molecule is Cn1cncc1C(=O)NCC1CCCC1CN. The van der Waals surface area contributed by atoms with Gasteiger partial charge in [-0.05, 0) is 31.2 Å². The molecule has 0 spiro atoms. The molecule has 1 aromatic heterocycles. The molecule has 5 heteroatoms. The van der Waals surface area contributed by atoms with E-state index < -0.39 is 0 Å². The van der Waals surface area contributed by atoms with E-state index in [-0.39, 0.29) is 5.91 Å². The smallest absolute Gasteiger partial charge is 0.269 e. The third kappa shape index (κ3) is 2.66. The van der Waals surface area contributed by atoms with Crippen LogP contribution >= 0.6 is 0 Å². The number of rotatable bonds is 4. The molecule has 0 aromatic carbocycles. The monoisotopic (exact) mass is 236 g/mol. The molecular weight excluding hydrogens is 216 g/mol. The van der Waals surface area contributed by atoms with E-state index in [2.05, 4.69) is 10.3 Å². The lowest BCUT2D eigenvalue weighted by Crippen LogP contribution is -2.33. The van der Waals surface area contributed by atoms with E-state index in [1.165, 1.54) is 19.3 Å². The first-order chi connectivity index (χ1) is 8.22. The molecule has 1 amide bonds. The van der Waals surface area contributed by atoms with Crippen LogP contribution in [-0.2, 0) is 7.05 Å². The second kappa shape index (κ2) is 5.31. The van der Waals surface area contributed by atoms with Crippen molar-refractivity contribution in [3.8, 4) is 0 Å². The molecule has 1 aliphatic rings. The molecule has 0 bridgehead atoms. The molecule has 1 aromatic rings. The van der Waals surface area contributed by atoms with Gasteiger partial charge < -0.3 is 15.6 Å². The topological polar surface area (TPSA) is 72.9 Å². The molecule has 5 nitrogen and oxygen atoms in total. The molecule has 1 saturated carbocycles. The van der Waals surface area contributed by atoms with E-state index in [0.717, 1.165) is 13.1 Å². The minimum atomic E-state index is -0.0485. The lowest BCUT2D eigenvalue weighted by atomic mass is 9.96. The molecular formula is C12H20N4O. The molecule has 1 heterocycles. The third-order valence-electron chi connectivity index (χ3n) is 3.69. The summed E-state index contributed by atoms with van der Waals surface area (Å²) in [6, 6.07) is 0. The Hall–Kier alpha value is -1.36. The summed E-state index contributed by atoms with van der Waals surface area (Å²) < 4.78 is 1.73. The van der Waals surface area contributed by atoms with Crippen molar-refractivity contribution < 1.29 is 4.79 Å². The van der Waals surface area contributed by atoms with E-state index in [9.17, 15) is 4.79 Å². The highest BCUT2D eigenvalue weighted by atomic mass is 16.1. The summed E-state index contributed by atoms with van der Waals surface area (Å²) >= 11 is 0. The maximum atomic E-state index is 11.9. The van der Waals surface area contributed by atoms with Gasteiger partial charge in [0.25, 0.3) is 5.91 Å². The van der Waals surface area contributed by atoms with E-state index in [1.54, 1.807) is 17.1 Å². The molecule has 3 N–H and O–H groups in total. The number of hydrogen-bond donors (Lipinski definition) is 2. The van der Waals surface area contributed by atoms with Crippen molar-refractivity contribution in [2.24, 2.45) is 24.6 Å². The Kier molecular flexibility index (Phi) is 3.78. The summed E-state index contributed by atoms with van der Waals surface area (Å²) in [6.07, 6.45) is 6.82.